The zero-order chi connectivity index (χ0) is 11.5. The first kappa shape index (κ1) is 11.1. The van der Waals surface area contributed by atoms with Crippen LogP contribution in [-0.2, 0) is 4.79 Å². The molecule has 2 rings (SSSR count). The minimum atomic E-state index is 0.0672. The van der Waals surface area contributed by atoms with E-state index >= 15 is 0 Å². The highest BCUT2D eigenvalue weighted by Gasteiger charge is 2.23. The molecule has 0 aliphatic heterocycles. The number of carbonyl (C=O) groups excluding carboxylic acids is 2. The van der Waals surface area contributed by atoms with E-state index in [0.717, 1.165) is 11.5 Å². The molecular weight excluding hydrogens is 200 g/mol. The number of carbonyl (C=O) groups is 2. The quantitative estimate of drug-likeness (QED) is 0.709. The van der Waals surface area contributed by atoms with Gasteiger partial charge >= 0.3 is 0 Å². The molecule has 1 aromatic carbocycles. The number of Topliss-reactive ketones (excluding diaryl/α,β-unsaturated/α-hetero) is 2. The van der Waals surface area contributed by atoms with Crippen molar-refractivity contribution in [2.45, 2.75) is 38.5 Å². The Hall–Kier alpha value is -1.44. The van der Waals surface area contributed by atoms with Crippen LogP contribution in [0.25, 0.3) is 0 Å². The highest BCUT2D eigenvalue weighted by atomic mass is 16.1. The van der Waals surface area contributed by atoms with Crippen LogP contribution in [0.15, 0.2) is 24.3 Å². The minimum Gasteiger partial charge on any atom is -0.300 e. The van der Waals surface area contributed by atoms with Crippen LogP contribution in [0.5, 0.6) is 0 Å². The summed E-state index contributed by atoms with van der Waals surface area (Å²) in [6.07, 6.45) is 3.23. The Morgan fingerprint density at radius 1 is 1.12 bits per heavy atom. The highest BCUT2D eigenvalue weighted by Crippen LogP contribution is 2.39. The lowest BCUT2D eigenvalue weighted by Crippen LogP contribution is -2.02. The minimum absolute atomic E-state index is 0.0672. The Bertz CT molecular complexity index is 399. The Labute approximate surface area is 95.7 Å². The lowest BCUT2D eigenvalue weighted by molar-refractivity contribution is -0.116. The molecule has 84 valence electrons. The van der Waals surface area contributed by atoms with E-state index in [-0.39, 0.29) is 11.6 Å². The van der Waals surface area contributed by atoms with Crippen LogP contribution in [0.4, 0.5) is 0 Å². The van der Waals surface area contributed by atoms with Gasteiger partial charge in [0.1, 0.15) is 5.78 Å². The molecule has 2 nitrogen and oxygen atoms in total. The van der Waals surface area contributed by atoms with Crippen LogP contribution in [-0.4, -0.2) is 11.6 Å². The van der Waals surface area contributed by atoms with E-state index < -0.39 is 0 Å². The van der Waals surface area contributed by atoms with E-state index in [1.54, 1.807) is 0 Å². The summed E-state index contributed by atoms with van der Waals surface area (Å²) in [7, 11) is 0. The molecule has 0 aromatic heterocycles. The molecule has 1 saturated carbocycles. The van der Waals surface area contributed by atoms with Crippen LogP contribution >= 0.6 is 0 Å². The number of hydrogen-bond donors (Lipinski definition) is 0. The summed E-state index contributed by atoms with van der Waals surface area (Å²) < 4.78 is 0. The van der Waals surface area contributed by atoms with Crippen molar-refractivity contribution in [3.63, 3.8) is 0 Å². The van der Waals surface area contributed by atoms with Gasteiger partial charge in [-0.05, 0) is 31.2 Å². The highest BCUT2D eigenvalue weighted by molar-refractivity contribution is 5.97. The second kappa shape index (κ2) is 4.60. The smallest absolute Gasteiger partial charge is 0.163 e. The van der Waals surface area contributed by atoms with E-state index in [9.17, 15) is 9.59 Å². The van der Waals surface area contributed by atoms with Crippen molar-refractivity contribution in [2.75, 3.05) is 0 Å². The predicted molar refractivity (Wildman–Crippen MR) is 62.7 cm³/mol. The Morgan fingerprint density at radius 2 is 1.75 bits per heavy atom. The normalized spacial score (nSPS) is 14.8. The van der Waals surface area contributed by atoms with Crippen molar-refractivity contribution in [1.29, 1.82) is 0 Å². The van der Waals surface area contributed by atoms with Crippen LogP contribution < -0.4 is 0 Å². The van der Waals surface area contributed by atoms with Gasteiger partial charge in [0.25, 0.3) is 0 Å². The fourth-order valence-electron chi connectivity index (χ4n) is 1.79. The molecule has 1 aromatic rings. The van der Waals surface area contributed by atoms with Gasteiger partial charge < -0.3 is 4.79 Å². The summed E-state index contributed by atoms with van der Waals surface area (Å²) >= 11 is 0. The van der Waals surface area contributed by atoms with Gasteiger partial charge in [-0.3, -0.25) is 4.79 Å². The Balaban J connectivity index is 1.97. The summed E-state index contributed by atoms with van der Waals surface area (Å²) in [4.78, 5) is 22.5. The van der Waals surface area contributed by atoms with E-state index in [4.69, 9.17) is 0 Å². The van der Waals surface area contributed by atoms with E-state index in [2.05, 4.69) is 0 Å². The molecule has 0 saturated heterocycles. The molecule has 0 unspecified atom stereocenters. The molecule has 1 aliphatic carbocycles. The van der Waals surface area contributed by atoms with Gasteiger partial charge in [0, 0.05) is 18.4 Å². The van der Waals surface area contributed by atoms with Gasteiger partial charge in [-0.15, -0.1) is 0 Å². The summed E-state index contributed by atoms with van der Waals surface area (Å²) in [5.41, 5.74) is 2.06. The van der Waals surface area contributed by atoms with Crippen LogP contribution in [0.1, 0.15) is 54.4 Å². The zero-order valence-corrected chi connectivity index (χ0v) is 9.53. The van der Waals surface area contributed by atoms with E-state index in [0.29, 0.717) is 12.8 Å². The molecule has 0 atom stereocenters. The Kier molecular flexibility index (Phi) is 3.18. The zero-order valence-electron chi connectivity index (χ0n) is 9.53. The summed E-state index contributed by atoms with van der Waals surface area (Å²) in [5, 5.41) is 0. The van der Waals surface area contributed by atoms with Crippen LogP contribution in [0.2, 0.25) is 0 Å². The summed E-state index contributed by atoms with van der Waals surface area (Å²) in [5.74, 6) is 0.863. The topological polar surface area (TPSA) is 34.1 Å². The van der Waals surface area contributed by atoms with Crippen molar-refractivity contribution < 1.29 is 9.59 Å². The maximum Gasteiger partial charge on any atom is 0.163 e. The average molecular weight is 216 g/mol. The molecule has 2 heteroatoms. The SMILES string of the molecule is CC(=O)CCC(=O)c1ccc(C2CC2)cc1. The second-order valence-corrected chi connectivity index (χ2v) is 4.52. The van der Waals surface area contributed by atoms with Crippen LogP contribution in [0, 0.1) is 0 Å². The van der Waals surface area contributed by atoms with Crippen molar-refractivity contribution in [3.05, 3.63) is 35.4 Å². The second-order valence-electron chi connectivity index (χ2n) is 4.52. The van der Waals surface area contributed by atoms with Gasteiger partial charge in [0.15, 0.2) is 5.78 Å². The number of rotatable bonds is 5. The maximum absolute atomic E-state index is 11.7. The predicted octanol–water partition coefficient (Wildman–Crippen LogP) is 3.12. The largest absolute Gasteiger partial charge is 0.300 e. The molecule has 0 bridgehead atoms. The third-order valence-corrected chi connectivity index (χ3v) is 2.99. The average Bonchev–Trinajstić information content (AvgIpc) is 3.10. The molecule has 1 aliphatic rings. The molecule has 1 fully saturated rings. The number of hydrogen-bond acceptors (Lipinski definition) is 2. The van der Waals surface area contributed by atoms with Gasteiger partial charge in [-0.2, -0.15) is 0 Å². The van der Waals surface area contributed by atoms with E-state index in [1.807, 2.05) is 24.3 Å². The summed E-state index contributed by atoms with van der Waals surface area (Å²) in [6, 6.07) is 7.85. The fourth-order valence-corrected chi connectivity index (χ4v) is 1.79. The lowest BCUT2D eigenvalue weighted by atomic mass is 10.0. The first-order chi connectivity index (χ1) is 7.66. The molecular formula is C14H16O2. The number of benzene rings is 1. The lowest BCUT2D eigenvalue weighted by Gasteiger charge is -2.01. The van der Waals surface area contributed by atoms with Gasteiger partial charge in [-0.1, -0.05) is 24.3 Å². The Morgan fingerprint density at radius 3 is 2.25 bits per heavy atom. The van der Waals surface area contributed by atoms with E-state index in [1.165, 1.54) is 25.3 Å². The molecule has 0 N–H and O–H groups in total. The third-order valence-electron chi connectivity index (χ3n) is 2.99. The van der Waals surface area contributed by atoms with Gasteiger partial charge in [0.05, 0.1) is 0 Å². The number of ketones is 2. The van der Waals surface area contributed by atoms with Crippen molar-refractivity contribution in [3.8, 4) is 0 Å². The molecule has 0 amide bonds. The first-order valence-electron chi connectivity index (χ1n) is 5.79. The van der Waals surface area contributed by atoms with Crippen molar-refractivity contribution in [1.82, 2.24) is 0 Å². The maximum atomic E-state index is 11.7. The standard InChI is InChI=1S/C14H16O2/c1-10(15)2-9-14(16)13-7-5-12(6-8-13)11-3-4-11/h5-8,11H,2-4,9H2,1H3. The van der Waals surface area contributed by atoms with Crippen molar-refractivity contribution >= 4 is 11.6 Å². The first-order valence-corrected chi connectivity index (χ1v) is 5.79. The van der Waals surface area contributed by atoms with Gasteiger partial charge in [0.2, 0.25) is 0 Å². The van der Waals surface area contributed by atoms with Crippen molar-refractivity contribution in [2.24, 2.45) is 0 Å². The van der Waals surface area contributed by atoms with Crippen LogP contribution in [0.3, 0.4) is 0 Å². The molecule has 0 heterocycles. The third kappa shape index (κ3) is 2.78. The monoisotopic (exact) mass is 216 g/mol. The molecule has 0 spiro atoms. The molecule has 16 heavy (non-hydrogen) atoms. The van der Waals surface area contributed by atoms with Gasteiger partial charge in [-0.25, -0.2) is 0 Å². The molecule has 0 radical (unpaired) electrons. The fraction of sp³-hybridized carbons (Fsp3) is 0.429. The summed E-state index contributed by atoms with van der Waals surface area (Å²) in [6.45, 7) is 1.52.